The van der Waals surface area contributed by atoms with E-state index < -0.39 is 28.5 Å². The Kier molecular flexibility index (Phi) is 10.2. The molecule has 0 fully saturated rings. The smallest absolute Gasteiger partial charge is 0.264 e. The molecule has 0 saturated heterocycles. The molecule has 0 spiro atoms. The molecule has 10 heteroatoms. The number of halogens is 1. The molecule has 0 radical (unpaired) electrons. The highest BCUT2D eigenvalue weighted by molar-refractivity contribution is 7.92. The fraction of sp³-hybridized carbons (Fsp3) is 0.286. The van der Waals surface area contributed by atoms with Crippen molar-refractivity contribution < 1.29 is 22.7 Å². The van der Waals surface area contributed by atoms with Gasteiger partial charge in [0.2, 0.25) is 11.8 Å². The first-order valence-electron chi connectivity index (χ1n) is 12.2. The van der Waals surface area contributed by atoms with Crippen molar-refractivity contribution in [1.29, 1.82) is 0 Å². The van der Waals surface area contributed by atoms with E-state index in [-0.39, 0.29) is 28.1 Å². The number of carbonyl (C=O) groups is 2. The molecule has 8 nitrogen and oxygen atoms in total. The summed E-state index contributed by atoms with van der Waals surface area (Å²) in [5.74, 6) is -0.463. The molecule has 1 atom stereocenters. The third-order valence-corrected chi connectivity index (χ3v) is 8.05. The molecule has 2 amide bonds. The molecule has 0 aliphatic rings. The van der Waals surface area contributed by atoms with Gasteiger partial charge in [-0.2, -0.15) is 0 Å². The number of benzene rings is 3. The van der Waals surface area contributed by atoms with Crippen LogP contribution in [0.2, 0.25) is 5.02 Å². The highest BCUT2D eigenvalue weighted by Crippen LogP contribution is 2.32. The second kappa shape index (κ2) is 13.3. The first kappa shape index (κ1) is 29.0. The van der Waals surface area contributed by atoms with E-state index in [1.807, 2.05) is 37.3 Å². The van der Waals surface area contributed by atoms with E-state index in [1.165, 1.54) is 36.3 Å². The van der Waals surface area contributed by atoms with Gasteiger partial charge >= 0.3 is 0 Å². The topological polar surface area (TPSA) is 96.0 Å². The lowest BCUT2D eigenvalue weighted by Gasteiger charge is -2.33. The summed E-state index contributed by atoms with van der Waals surface area (Å²) in [6, 6.07) is 20.8. The Labute approximate surface area is 229 Å². The van der Waals surface area contributed by atoms with Crippen LogP contribution in [-0.4, -0.2) is 51.4 Å². The van der Waals surface area contributed by atoms with Gasteiger partial charge in [0.15, 0.2) is 0 Å². The average Bonchev–Trinajstić information content (AvgIpc) is 2.92. The van der Waals surface area contributed by atoms with Crippen molar-refractivity contribution in [2.45, 2.75) is 37.8 Å². The number of amides is 2. The molecular weight excluding hydrogens is 526 g/mol. The number of nitrogens with one attached hydrogen (secondary N) is 1. The predicted molar refractivity (Wildman–Crippen MR) is 149 cm³/mol. The minimum Gasteiger partial charge on any atom is -0.495 e. The highest BCUT2D eigenvalue weighted by Gasteiger charge is 2.33. The van der Waals surface area contributed by atoms with Crippen molar-refractivity contribution in [3.8, 4) is 5.75 Å². The fourth-order valence-electron chi connectivity index (χ4n) is 4.05. The second-order valence-electron chi connectivity index (χ2n) is 8.47. The molecule has 0 aromatic heterocycles. The standard InChI is InChI=1S/C28H32ClN3O5S/c1-4-25(28(34)30-5-2)31(19-21-12-8-6-9-13-21)27(33)20-32(22-16-17-26(37-3)24(29)18-22)38(35,36)23-14-10-7-11-15-23/h6-18,25H,4-5,19-20H2,1-3H3,(H,30,34)/t25-/m0/s1. The van der Waals surface area contributed by atoms with Crippen molar-refractivity contribution in [2.24, 2.45) is 0 Å². The number of anilines is 1. The van der Waals surface area contributed by atoms with E-state index >= 15 is 0 Å². The van der Waals surface area contributed by atoms with Gasteiger partial charge in [-0.1, -0.05) is 67.1 Å². The number of ether oxygens (including phenoxy) is 1. The van der Waals surface area contributed by atoms with Crippen molar-refractivity contribution in [3.63, 3.8) is 0 Å². The molecule has 0 aliphatic carbocycles. The fourth-order valence-corrected chi connectivity index (χ4v) is 5.73. The van der Waals surface area contributed by atoms with Crippen LogP contribution in [0, 0.1) is 0 Å². The molecule has 38 heavy (non-hydrogen) atoms. The molecule has 0 unspecified atom stereocenters. The molecule has 3 rings (SSSR count). The number of hydrogen-bond acceptors (Lipinski definition) is 5. The van der Waals surface area contributed by atoms with Crippen LogP contribution >= 0.6 is 11.6 Å². The Morgan fingerprint density at radius 2 is 1.61 bits per heavy atom. The maximum absolute atomic E-state index is 13.9. The van der Waals surface area contributed by atoms with Crippen LogP contribution in [-0.2, 0) is 26.2 Å². The van der Waals surface area contributed by atoms with E-state index in [1.54, 1.807) is 31.2 Å². The van der Waals surface area contributed by atoms with Gasteiger partial charge in [-0.3, -0.25) is 13.9 Å². The molecule has 0 saturated carbocycles. The Morgan fingerprint density at radius 3 is 2.16 bits per heavy atom. The molecule has 3 aromatic rings. The summed E-state index contributed by atoms with van der Waals surface area (Å²) >= 11 is 6.33. The third kappa shape index (κ3) is 6.85. The van der Waals surface area contributed by atoms with Gasteiger partial charge in [0.1, 0.15) is 18.3 Å². The van der Waals surface area contributed by atoms with Crippen molar-refractivity contribution in [3.05, 3.63) is 89.4 Å². The predicted octanol–water partition coefficient (Wildman–Crippen LogP) is 4.49. The van der Waals surface area contributed by atoms with Gasteiger partial charge in [0, 0.05) is 13.1 Å². The van der Waals surface area contributed by atoms with Crippen LogP contribution in [0.1, 0.15) is 25.8 Å². The lowest BCUT2D eigenvalue weighted by atomic mass is 10.1. The SMILES string of the molecule is CCNC(=O)[C@H](CC)N(Cc1ccccc1)C(=O)CN(c1ccc(OC)c(Cl)c1)S(=O)(=O)c1ccccc1. The minimum atomic E-state index is -4.17. The van der Waals surface area contributed by atoms with Crippen LogP contribution in [0.15, 0.2) is 83.8 Å². The zero-order valence-electron chi connectivity index (χ0n) is 21.6. The van der Waals surface area contributed by atoms with Crippen LogP contribution < -0.4 is 14.4 Å². The van der Waals surface area contributed by atoms with Crippen LogP contribution in [0.5, 0.6) is 5.75 Å². The number of methoxy groups -OCH3 is 1. The van der Waals surface area contributed by atoms with E-state index in [0.717, 1.165) is 9.87 Å². The Balaban J connectivity index is 2.07. The highest BCUT2D eigenvalue weighted by atomic mass is 35.5. The van der Waals surface area contributed by atoms with E-state index in [4.69, 9.17) is 16.3 Å². The molecule has 3 aromatic carbocycles. The number of carbonyl (C=O) groups excluding carboxylic acids is 2. The van der Waals surface area contributed by atoms with Crippen LogP contribution in [0.4, 0.5) is 5.69 Å². The largest absolute Gasteiger partial charge is 0.495 e. The normalized spacial score (nSPS) is 11.9. The van der Waals surface area contributed by atoms with Crippen molar-refractivity contribution >= 4 is 39.1 Å². The number of nitrogens with zero attached hydrogens (tertiary/aromatic N) is 2. The second-order valence-corrected chi connectivity index (χ2v) is 10.7. The molecule has 0 aliphatic heterocycles. The van der Waals surface area contributed by atoms with Crippen molar-refractivity contribution in [1.82, 2.24) is 10.2 Å². The zero-order valence-corrected chi connectivity index (χ0v) is 23.2. The molecular formula is C28H32ClN3O5S. The van der Waals surface area contributed by atoms with Gasteiger partial charge in [0.05, 0.1) is 22.7 Å². The van der Waals surface area contributed by atoms with E-state index in [9.17, 15) is 18.0 Å². The van der Waals surface area contributed by atoms with Gasteiger partial charge in [0.25, 0.3) is 10.0 Å². The first-order valence-corrected chi connectivity index (χ1v) is 14.1. The zero-order chi connectivity index (χ0) is 27.7. The average molecular weight is 558 g/mol. The van der Waals surface area contributed by atoms with Crippen molar-refractivity contribution in [2.75, 3.05) is 24.5 Å². The lowest BCUT2D eigenvalue weighted by molar-refractivity contribution is -0.140. The van der Waals surface area contributed by atoms with E-state index in [2.05, 4.69) is 5.32 Å². The monoisotopic (exact) mass is 557 g/mol. The number of sulfonamides is 1. The van der Waals surface area contributed by atoms with E-state index in [0.29, 0.717) is 18.7 Å². The summed E-state index contributed by atoms with van der Waals surface area (Å²) in [5.41, 5.74) is 1.01. The maximum Gasteiger partial charge on any atom is 0.264 e. The third-order valence-electron chi connectivity index (χ3n) is 5.97. The molecule has 202 valence electrons. The van der Waals surface area contributed by atoms with Crippen LogP contribution in [0.25, 0.3) is 0 Å². The summed E-state index contributed by atoms with van der Waals surface area (Å²) in [4.78, 5) is 28.3. The molecule has 0 heterocycles. The Morgan fingerprint density at radius 1 is 0.974 bits per heavy atom. The van der Waals surface area contributed by atoms with Gasteiger partial charge in [-0.25, -0.2) is 8.42 Å². The summed E-state index contributed by atoms with van der Waals surface area (Å²) < 4.78 is 33.8. The summed E-state index contributed by atoms with van der Waals surface area (Å²) in [5, 5.41) is 2.98. The first-order chi connectivity index (χ1) is 18.2. The molecule has 0 bridgehead atoms. The maximum atomic E-state index is 13.9. The summed E-state index contributed by atoms with van der Waals surface area (Å²) in [6.45, 7) is 3.62. The quantitative estimate of drug-likeness (QED) is 0.354. The van der Waals surface area contributed by atoms with Gasteiger partial charge in [-0.05, 0) is 49.2 Å². The lowest BCUT2D eigenvalue weighted by Crippen LogP contribution is -2.52. The minimum absolute atomic E-state index is 0.0186. The number of likely N-dealkylation sites (N-methyl/N-ethyl adjacent to an activating group) is 1. The number of hydrogen-bond donors (Lipinski definition) is 1. The van der Waals surface area contributed by atoms with Gasteiger partial charge < -0.3 is 15.0 Å². The summed E-state index contributed by atoms with van der Waals surface area (Å²) in [7, 11) is -2.71. The Bertz CT molecular complexity index is 1340. The Hall–Kier alpha value is -3.56. The summed E-state index contributed by atoms with van der Waals surface area (Å²) in [6.07, 6.45) is 0.351. The van der Waals surface area contributed by atoms with Gasteiger partial charge in [-0.15, -0.1) is 0 Å². The number of rotatable bonds is 12. The molecule has 1 N–H and O–H groups in total. The van der Waals surface area contributed by atoms with Crippen LogP contribution in [0.3, 0.4) is 0 Å².